The van der Waals surface area contributed by atoms with Crippen molar-refractivity contribution in [3.05, 3.63) is 53.1 Å². The number of anilines is 2. The maximum atomic E-state index is 13.0. The number of nitrogens with zero attached hydrogens (tertiary/aromatic N) is 4. The molecule has 2 heterocycles. The Kier molecular flexibility index (Phi) is 5.60. The first-order valence-corrected chi connectivity index (χ1v) is 10.1. The summed E-state index contributed by atoms with van der Waals surface area (Å²) in [5, 5.41) is 12.1. The van der Waals surface area contributed by atoms with Crippen LogP contribution in [0.3, 0.4) is 0 Å². The second-order valence-electron chi connectivity index (χ2n) is 7.12. The van der Waals surface area contributed by atoms with Gasteiger partial charge in [-0.2, -0.15) is 5.11 Å². The van der Waals surface area contributed by atoms with Crippen molar-refractivity contribution in [2.75, 3.05) is 23.9 Å². The topological polar surface area (TPSA) is 104 Å². The third-order valence-electron chi connectivity index (χ3n) is 5.20. The van der Waals surface area contributed by atoms with Crippen LogP contribution in [0.4, 0.5) is 11.4 Å². The van der Waals surface area contributed by atoms with Crippen LogP contribution < -0.4 is 15.0 Å². The fraction of sp³-hybridized carbons (Fsp3) is 0.286. The Labute approximate surface area is 183 Å². The zero-order chi connectivity index (χ0) is 22.1. The Morgan fingerprint density at radius 3 is 2.55 bits per heavy atom. The lowest BCUT2D eigenvalue weighted by Crippen LogP contribution is -2.43. The number of nitrogens with one attached hydrogen (secondary N) is 1. The molecule has 2 aromatic carbocycles. The third kappa shape index (κ3) is 3.84. The van der Waals surface area contributed by atoms with Gasteiger partial charge in [-0.05, 0) is 42.3 Å². The summed E-state index contributed by atoms with van der Waals surface area (Å²) in [5.41, 5.74) is 2.10. The first-order chi connectivity index (χ1) is 14.9. The van der Waals surface area contributed by atoms with Gasteiger partial charge in [0.05, 0.1) is 17.8 Å². The number of aryl methyl sites for hydroxylation is 1. The number of benzene rings is 2. The van der Waals surface area contributed by atoms with E-state index in [0.717, 1.165) is 16.9 Å². The minimum Gasteiger partial charge on any atom is -0.495 e. The lowest BCUT2D eigenvalue weighted by Gasteiger charge is -2.20. The van der Waals surface area contributed by atoms with Crippen LogP contribution in [-0.2, 0) is 20.8 Å². The van der Waals surface area contributed by atoms with Gasteiger partial charge in [0.15, 0.2) is 12.1 Å². The number of imide groups is 1. The Morgan fingerprint density at radius 1 is 1.16 bits per heavy atom. The average Bonchev–Trinajstić information content (AvgIpc) is 3.28. The van der Waals surface area contributed by atoms with Gasteiger partial charge in [-0.25, -0.2) is 4.90 Å². The van der Waals surface area contributed by atoms with Gasteiger partial charge in [0.1, 0.15) is 12.3 Å². The molecule has 1 N–H and O–H groups in total. The number of hydrogen-bond donors (Lipinski definition) is 1. The summed E-state index contributed by atoms with van der Waals surface area (Å²) in [5.74, 6) is -0.968. The first-order valence-electron chi connectivity index (χ1n) is 9.70. The van der Waals surface area contributed by atoms with E-state index in [1.165, 1.54) is 18.2 Å². The van der Waals surface area contributed by atoms with Crippen molar-refractivity contribution in [1.82, 2.24) is 5.01 Å². The second kappa shape index (κ2) is 8.35. The van der Waals surface area contributed by atoms with Gasteiger partial charge >= 0.3 is 0 Å². The molecule has 0 unspecified atom stereocenters. The number of halogens is 1. The van der Waals surface area contributed by atoms with Gasteiger partial charge in [-0.3, -0.25) is 19.4 Å². The van der Waals surface area contributed by atoms with Crippen molar-refractivity contribution in [2.24, 2.45) is 10.3 Å². The summed E-state index contributed by atoms with van der Waals surface area (Å²) in [6.07, 6.45) is 0.900. The van der Waals surface area contributed by atoms with Gasteiger partial charge in [-0.1, -0.05) is 35.9 Å². The molecule has 0 saturated carbocycles. The molecule has 3 amide bonds. The summed E-state index contributed by atoms with van der Waals surface area (Å²) in [6, 6.07) is 10.1. The highest BCUT2D eigenvalue weighted by Gasteiger charge is 2.55. The van der Waals surface area contributed by atoms with Crippen LogP contribution in [-0.4, -0.2) is 48.5 Å². The van der Waals surface area contributed by atoms with Gasteiger partial charge in [0.25, 0.3) is 11.8 Å². The summed E-state index contributed by atoms with van der Waals surface area (Å²) in [6.45, 7) is 1.84. The highest BCUT2D eigenvalue weighted by atomic mass is 35.5. The number of carbonyl (C=O) groups excluding carboxylic acids is 3. The number of amides is 3. The Bertz CT molecular complexity index is 1070. The molecule has 2 aromatic rings. The number of fused-ring (bicyclic) bond motifs is 1. The standard InChI is InChI=1S/C21H20ClN5O4/c1-3-12-4-6-13(7-5-12)23-17(28)11-26-19-18(24-25-26)20(29)27(21(19)30)14-8-9-16(31-2)15(22)10-14/h4-10,18-19H,3,11H2,1-2H3,(H,23,28)/t18-,19-/m0/s1. The van der Waals surface area contributed by atoms with E-state index in [1.807, 2.05) is 31.2 Å². The van der Waals surface area contributed by atoms with E-state index in [-0.39, 0.29) is 17.5 Å². The summed E-state index contributed by atoms with van der Waals surface area (Å²) in [7, 11) is 1.47. The molecule has 0 aliphatic carbocycles. The van der Waals surface area contributed by atoms with Crippen molar-refractivity contribution in [1.29, 1.82) is 0 Å². The van der Waals surface area contributed by atoms with E-state index in [9.17, 15) is 14.4 Å². The minimum absolute atomic E-state index is 0.212. The van der Waals surface area contributed by atoms with E-state index in [0.29, 0.717) is 17.1 Å². The van der Waals surface area contributed by atoms with Crippen LogP contribution in [0.15, 0.2) is 52.8 Å². The number of methoxy groups -OCH3 is 1. The van der Waals surface area contributed by atoms with Crippen molar-refractivity contribution in [3.63, 3.8) is 0 Å². The van der Waals surface area contributed by atoms with E-state index in [2.05, 4.69) is 15.7 Å². The molecule has 1 saturated heterocycles. The SMILES string of the molecule is CCc1ccc(NC(=O)CN2N=N[C@@H]3C(=O)N(c4ccc(OC)c(Cl)c4)C(=O)[C@H]32)cc1. The number of rotatable bonds is 6. The van der Waals surface area contributed by atoms with E-state index >= 15 is 0 Å². The predicted molar refractivity (Wildman–Crippen MR) is 114 cm³/mol. The first kappa shape index (κ1) is 20.8. The van der Waals surface area contributed by atoms with Crippen LogP contribution in [0.1, 0.15) is 12.5 Å². The lowest BCUT2D eigenvalue weighted by molar-refractivity contribution is -0.123. The molecule has 31 heavy (non-hydrogen) atoms. The highest BCUT2D eigenvalue weighted by Crippen LogP contribution is 2.35. The van der Waals surface area contributed by atoms with Gasteiger partial charge in [0.2, 0.25) is 5.91 Å². The molecule has 0 aromatic heterocycles. The van der Waals surface area contributed by atoms with Crippen molar-refractivity contribution < 1.29 is 19.1 Å². The molecule has 0 spiro atoms. The zero-order valence-electron chi connectivity index (χ0n) is 16.9. The predicted octanol–water partition coefficient (Wildman–Crippen LogP) is 2.84. The van der Waals surface area contributed by atoms with Crippen LogP contribution in [0.25, 0.3) is 0 Å². The summed E-state index contributed by atoms with van der Waals surface area (Å²) >= 11 is 6.14. The Morgan fingerprint density at radius 2 is 1.90 bits per heavy atom. The zero-order valence-corrected chi connectivity index (χ0v) is 17.7. The minimum atomic E-state index is -0.995. The Hall–Kier alpha value is -3.46. The van der Waals surface area contributed by atoms with E-state index in [4.69, 9.17) is 16.3 Å². The molecule has 4 rings (SSSR count). The fourth-order valence-corrected chi connectivity index (χ4v) is 3.83. The fourth-order valence-electron chi connectivity index (χ4n) is 3.57. The molecule has 2 atom stereocenters. The van der Waals surface area contributed by atoms with Gasteiger partial charge in [-0.15, -0.1) is 0 Å². The molecule has 0 radical (unpaired) electrons. The average molecular weight is 442 g/mol. The van der Waals surface area contributed by atoms with Gasteiger partial charge < -0.3 is 10.1 Å². The second-order valence-corrected chi connectivity index (χ2v) is 7.53. The van der Waals surface area contributed by atoms with Crippen LogP contribution in [0.5, 0.6) is 5.75 Å². The number of ether oxygens (including phenoxy) is 1. The van der Waals surface area contributed by atoms with Crippen LogP contribution in [0.2, 0.25) is 5.02 Å². The molecule has 160 valence electrons. The van der Waals surface area contributed by atoms with Crippen LogP contribution >= 0.6 is 11.6 Å². The maximum absolute atomic E-state index is 13.0. The van der Waals surface area contributed by atoms with Crippen molar-refractivity contribution in [3.8, 4) is 5.75 Å². The maximum Gasteiger partial charge on any atom is 0.263 e. The summed E-state index contributed by atoms with van der Waals surface area (Å²) in [4.78, 5) is 39.3. The van der Waals surface area contributed by atoms with Crippen LogP contribution in [0, 0.1) is 0 Å². The molecule has 0 bridgehead atoms. The molecule has 2 aliphatic rings. The number of hydrogen-bond acceptors (Lipinski definition) is 7. The molecule has 10 heteroatoms. The van der Waals surface area contributed by atoms with Gasteiger partial charge in [0, 0.05) is 5.69 Å². The Balaban J connectivity index is 1.47. The smallest absolute Gasteiger partial charge is 0.263 e. The van der Waals surface area contributed by atoms with Crippen molar-refractivity contribution >= 4 is 40.7 Å². The normalized spacial score (nSPS) is 19.7. The van der Waals surface area contributed by atoms with E-state index in [1.54, 1.807) is 12.1 Å². The molecular formula is C21H20ClN5O4. The lowest BCUT2D eigenvalue weighted by atomic mass is 10.1. The molecule has 1 fully saturated rings. The van der Waals surface area contributed by atoms with E-state index < -0.39 is 23.9 Å². The molecular weight excluding hydrogens is 422 g/mol. The highest BCUT2D eigenvalue weighted by molar-refractivity contribution is 6.33. The number of carbonyl (C=O) groups is 3. The molecule has 9 nitrogen and oxygen atoms in total. The van der Waals surface area contributed by atoms with Crippen molar-refractivity contribution in [2.45, 2.75) is 25.4 Å². The third-order valence-corrected chi connectivity index (χ3v) is 5.50. The summed E-state index contributed by atoms with van der Waals surface area (Å²) < 4.78 is 5.11. The monoisotopic (exact) mass is 441 g/mol. The largest absolute Gasteiger partial charge is 0.495 e. The molecule has 2 aliphatic heterocycles. The quantitative estimate of drug-likeness (QED) is 0.694.